The number of carbonyl (C=O) groups is 1. The molecule has 2 saturated carbocycles. The van der Waals surface area contributed by atoms with Gasteiger partial charge in [0.2, 0.25) is 0 Å². The van der Waals surface area contributed by atoms with E-state index in [0.29, 0.717) is 17.2 Å². The summed E-state index contributed by atoms with van der Waals surface area (Å²) in [6.45, 7) is 3.74. The maximum absolute atomic E-state index is 12.4. The van der Waals surface area contributed by atoms with E-state index in [4.69, 9.17) is 9.47 Å². The van der Waals surface area contributed by atoms with Crippen LogP contribution >= 0.6 is 0 Å². The predicted octanol–water partition coefficient (Wildman–Crippen LogP) is 3.68. The Bertz CT molecular complexity index is 535. The fraction of sp³-hybridized carbons (Fsp3) is 0.471. The molecular weight excluding hydrogens is 252 g/mol. The number of methoxy groups -OCH3 is 1. The Morgan fingerprint density at radius 2 is 2.20 bits per heavy atom. The average Bonchev–Trinajstić information content (AvgIpc) is 3.08. The van der Waals surface area contributed by atoms with Crippen LogP contribution in [0.25, 0.3) is 6.08 Å². The van der Waals surface area contributed by atoms with Gasteiger partial charge in [0, 0.05) is 5.56 Å². The van der Waals surface area contributed by atoms with Gasteiger partial charge >= 0.3 is 5.97 Å². The Balaban J connectivity index is 1.79. The summed E-state index contributed by atoms with van der Waals surface area (Å²) >= 11 is 0. The van der Waals surface area contributed by atoms with Crippen LogP contribution in [-0.4, -0.2) is 19.2 Å². The zero-order chi connectivity index (χ0) is 14.1. The molecule has 1 aromatic rings. The molecule has 2 aliphatic rings. The van der Waals surface area contributed by atoms with E-state index in [0.717, 1.165) is 17.9 Å². The minimum Gasteiger partial charge on any atom is -0.495 e. The van der Waals surface area contributed by atoms with Gasteiger partial charge in [0.15, 0.2) is 0 Å². The van der Waals surface area contributed by atoms with Gasteiger partial charge in [-0.1, -0.05) is 24.8 Å². The maximum Gasteiger partial charge on any atom is 0.342 e. The van der Waals surface area contributed by atoms with Crippen molar-refractivity contribution in [2.45, 2.75) is 31.8 Å². The van der Waals surface area contributed by atoms with E-state index >= 15 is 0 Å². The Morgan fingerprint density at radius 1 is 1.35 bits per heavy atom. The smallest absolute Gasteiger partial charge is 0.342 e. The number of benzene rings is 1. The van der Waals surface area contributed by atoms with Gasteiger partial charge in [0.05, 0.1) is 7.11 Å². The van der Waals surface area contributed by atoms with Gasteiger partial charge in [-0.25, -0.2) is 4.79 Å². The molecule has 0 aliphatic heterocycles. The maximum atomic E-state index is 12.4. The summed E-state index contributed by atoms with van der Waals surface area (Å²) < 4.78 is 11.1. The third-order valence-electron chi connectivity index (χ3n) is 4.62. The van der Waals surface area contributed by atoms with Crippen LogP contribution in [0.15, 0.2) is 24.8 Å². The molecule has 0 heterocycles. The molecule has 0 saturated heterocycles. The van der Waals surface area contributed by atoms with Crippen LogP contribution in [0.5, 0.6) is 5.75 Å². The average molecular weight is 272 g/mol. The van der Waals surface area contributed by atoms with Crippen molar-refractivity contribution >= 4 is 12.0 Å². The van der Waals surface area contributed by atoms with Crippen LogP contribution in [-0.2, 0) is 4.74 Å². The molecular formula is C17H20O3. The van der Waals surface area contributed by atoms with Crippen molar-refractivity contribution in [2.75, 3.05) is 7.11 Å². The summed E-state index contributed by atoms with van der Waals surface area (Å²) in [4.78, 5) is 12.4. The lowest BCUT2D eigenvalue weighted by molar-refractivity contribution is 0.0155. The van der Waals surface area contributed by atoms with Gasteiger partial charge in [0.1, 0.15) is 17.4 Å². The molecule has 3 rings (SSSR count). The predicted molar refractivity (Wildman–Crippen MR) is 77.7 cm³/mol. The lowest BCUT2D eigenvalue weighted by Crippen LogP contribution is -2.24. The van der Waals surface area contributed by atoms with Crippen molar-refractivity contribution < 1.29 is 14.3 Å². The summed E-state index contributed by atoms with van der Waals surface area (Å²) in [5, 5.41) is 0. The first-order valence-electron chi connectivity index (χ1n) is 7.23. The molecule has 3 atom stereocenters. The van der Waals surface area contributed by atoms with Crippen molar-refractivity contribution in [3.8, 4) is 5.75 Å². The van der Waals surface area contributed by atoms with Gasteiger partial charge in [-0.3, -0.25) is 0 Å². The molecule has 3 heteroatoms. The van der Waals surface area contributed by atoms with Crippen LogP contribution in [0.1, 0.15) is 41.6 Å². The number of fused-ring (bicyclic) bond motifs is 2. The highest BCUT2D eigenvalue weighted by Gasteiger charge is 2.42. The quantitative estimate of drug-likeness (QED) is 0.784. The van der Waals surface area contributed by atoms with E-state index in [2.05, 4.69) is 6.58 Å². The Hall–Kier alpha value is -1.77. The molecule has 0 N–H and O–H groups in total. The number of ether oxygens (including phenoxy) is 2. The molecule has 1 aromatic carbocycles. The molecule has 3 unspecified atom stereocenters. The first kappa shape index (κ1) is 13.2. The fourth-order valence-electron chi connectivity index (χ4n) is 3.64. The normalized spacial score (nSPS) is 27.4. The second-order valence-electron chi connectivity index (χ2n) is 5.75. The lowest BCUT2D eigenvalue weighted by atomic mass is 9.97. The second kappa shape index (κ2) is 5.31. The lowest BCUT2D eigenvalue weighted by Gasteiger charge is -2.22. The SMILES string of the molecule is C=Cc1cccc(C(=O)OC2CC3CCC2C3)c1OC. The molecule has 2 bridgehead atoms. The zero-order valence-corrected chi connectivity index (χ0v) is 11.8. The molecule has 2 fully saturated rings. The summed E-state index contributed by atoms with van der Waals surface area (Å²) in [6, 6.07) is 5.46. The van der Waals surface area contributed by atoms with Gasteiger partial charge in [-0.05, 0) is 43.6 Å². The summed E-state index contributed by atoms with van der Waals surface area (Å²) in [5.41, 5.74) is 1.31. The van der Waals surface area contributed by atoms with E-state index in [1.807, 2.05) is 12.1 Å². The Morgan fingerprint density at radius 3 is 2.80 bits per heavy atom. The third-order valence-corrected chi connectivity index (χ3v) is 4.62. The molecule has 0 aromatic heterocycles. The zero-order valence-electron chi connectivity index (χ0n) is 11.8. The highest BCUT2D eigenvalue weighted by atomic mass is 16.5. The number of rotatable bonds is 4. The minimum atomic E-state index is -0.275. The molecule has 2 aliphatic carbocycles. The Kier molecular flexibility index (Phi) is 3.51. The highest BCUT2D eigenvalue weighted by molar-refractivity contribution is 5.94. The number of hydrogen-bond acceptors (Lipinski definition) is 3. The largest absolute Gasteiger partial charge is 0.495 e. The van der Waals surface area contributed by atoms with Crippen LogP contribution in [0, 0.1) is 11.8 Å². The summed E-state index contributed by atoms with van der Waals surface area (Å²) in [7, 11) is 1.57. The van der Waals surface area contributed by atoms with Crippen LogP contribution in [0.2, 0.25) is 0 Å². The first-order chi connectivity index (χ1) is 9.72. The highest BCUT2D eigenvalue weighted by Crippen LogP contribution is 2.46. The number of carbonyl (C=O) groups excluding carboxylic acids is 1. The Labute approximate surface area is 119 Å². The van der Waals surface area contributed by atoms with Crippen LogP contribution in [0.4, 0.5) is 0 Å². The molecule has 0 spiro atoms. The van der Waals surface area contributed by atoms with E-state index in [1.54, 1.807) is 19.3 Å². The van der Waals surface area contributed by atoms with Crippen molar-refractivity contribution in [3.63, 3.8) is 0 Å². The standard InChI is InChI=1S/C17H20O3/c1-3-12-5-4-6-14(16(12)19-2)17(18)20-15-10-11-7-8-13(15)9-11/h3-6,11,13,15H,1,7-10H2,2H3. The van der Waals surface area contributed by atoms with E-state index in [9.17, 15) is 4.79 Å². The van der Waals surface area contributed by atoms with Crippen LogP contribution in [0.3, 0.4) is 0 Å². The van der Waals surface area contributed by atoms with Gasteiger partial charge in [-0.2, -0.15) is 0 Å². The number of para-hydroxylation sites is 1. The second-order valence-corrected chi connectivity index (χ2v) is 5.75. The van der Waals surface area contributed by atoms with Crippen molar-refractivity contribution in [2.24, 2.45) is 11.8 Å². The van der Waals surface area contributed by atoms with Gasteiger partial charge in [0.25, 0.3) is 0 Å². The van der Waals surface area contributed by atoms with Crippen LogP contribution < -0.4 is 4.74 Å². The number of hydrogen-bond donors (Lipinski definition) is 0. The first-order valence-corrected chi connectivity index (χ1v) is 7.23. The van der Waals surface area contributed by atoms with Gasteiger partial charge in [-0.15, -0.1) is 0 Å². The monoisotopic (exact) mass is 272 g/mol. The van der Waals surface area contributed by atoms with Gasteiger partial charge < -0.3 is 9.47 Å². The molecule has 20 heavy (non-hydrogen) atoms. The third kappa shape index (κ3) is 2.21. The molecule has 3 nitrogen and oxygen atoms in total. The van der Waals surface area contributed by atoms with Crippen molar-refractivity contribution in [1.82, 2.24) is 0 Å². The fourth-order valence-corrected chi connectivity index (χ4v) is 3.64. The number of esters is 1. The molecule has 0 radical (unpaired) electrons. The topological polar surface area (TPSA) is 35.5 Å². The van der Waals surface area contributed by atoms with E-state index in [1.165, 1.54) is 19.3 Å². The van der Waals surface area contributed by atoms with Crippen molar-refractivity contribution in [3.05, 3.63) is 35.9 Å². The molecule has 106 valence electrons. The van der Waals surface area contributed by atoms with E-state index in [-0.39, 0.29) is 12.1 Å². The van der Waals surface area contributed by atoms with Crippen molar-refractivity contribution in [1.29, 1.82) is 0 Å². The summed E-state index contributed by atoms with van der Waals surface area (Å²) in [6.07, 6.45) is 6.54. The minimum absolute atomic E-state index is 0.0957. The molecule has 0 amide bonds. The summed E-state index contributed by atoms with van der Waals surface area (Å²) in [5.74, 6) is 1.61. The van der Waals surface area contributed by atoms with E-state index < -0.39 is 0 Å².